The number of nitrogens with zero attached hydrogens (tertiary/aromatic N) is 1. The molecule has 1 aliphatic carbocycles. The van der Waals surface area contributed by atoms with Crippen LogP contribution in [-0.2, 0) is 6.42 Å². The van der Waals surface area contributed by atoms with Crippen LogP contribution >= 0.6 is 0 Å². The molecule has 2 aliphatic rings. The number of likely N-dealkylation sites (N-methyl/N-ethyl adjacent to an activating group) is 1. The maximum absolute atomic E-state index is 2.50. The number of benzene rings is 2. The lowest BCUT2D eigenvalue weighted by molar-refractivity contribution is 0.200. The molecule has 21 heavy (non-hydrogen) atoms. The zero-order chi connectivity index (χ0) is 14.4. The molecule has 1 saturated heterocycles. The third-order valence-electron chi connectivity index (χ3n) is 5.44. The highest BCUT2D eigenvalue weighted by atomic mass is 15.1. The molecule has 1 aliphatic heterocycles. The molecule has 108 valence electrons. The van der Waals surface area contributed by atoms with E-state index in [-0.39, 0.29) is 0 Å². The van der Waals surface area contributed by atoms with E-state index in [0.29, 0.717) is 0 Å². The van der Waals surface area contributed by atoms with Crippen molar-refractivity contribution in [2.24, 2.45) is 5.92 Å². The highest BCUT2D eigenvalue weighted by Gasteiger charge is 2.36. The molecule has 1 nitrogen and oxygen atoms in total. The highest BCUT2D eigenvalue weighted by Crippen LogP contribution is 2.45. The van der Waals surface area contributed by atoms with Gasteiger partial charge in [-0.3, -0.25) is 0 Å². The highest BCUT2D eigenvalue weighted by molar-refractivity contribution is 5.67. The average molecular weight is 277 g/mol. The standard InChI is InChI=1S/C20H23N/c1-14-10-17(15-6-4-3-5-7-15)12-19-18(14)11-16-8-9-21(2)13-20(16)19/h3-7,10,12,16,20H,8-9,11,13H2,1-2H3/t16-,20-/m0/s1. The normalized spacial score (nSPS) is 24.7. The molecule has 2 atom stereocenters. The molecule has 0 bridgehead atoms. The van der Waals surface area contributed by atoms with Gasteiger partial charge in [-0.1, -0.05) is 42.5 Å². The Balaban J connectivity index is 1.79. The van der Waals surface area contributed by atoms with Crippen LogP contribution < -0.4 is 0 Å². The van der Waals surface area contributed by atoms with Crippen LogP contribution in [-0.4, -0.2) is 25.0 Å². The van der Waals surface area contributed by atoms with Crippen molar-refractivity contribution in [1.29, 1.82) is 0 Å². The molecular weight excluding hydrogens is 254 g/mol. The van der Waals surface area contributed by atoms with Crippen LogP contribution in [0.25, 0.3) is 11.1 Å². The van der Waals surface area contributed by atoms with E-state index in [1.165, 1.54) is 42.6 Å². The molecule has 2 aromatic rings. The second-order valence-corrected chi connectivity index (χ2v) is 6.85. The van der Waals surface area contributed by atoms with Crippen molar-refractivity contribution in [3.63, 3.8) is 0 Å². The minimum atomic E-state index is 0.751. The SMILES string of the molecule is Cc1cc(-c2ccccc2)cc2c1C[C@@H]1CCN(C)C[C@H]21. The van der Waals surface area contributed by atoms with E-state index in [0.717, 1.165) is 11.8 Å². The van der Waals surface area contributed by atoms with E-state index in [4.69, 9.17) is 0 Å². The van der Waals surface area contributed by atoms with E-state index in [9.17, 15) is 0 Å². The largest absolute Gasteiger partial charge is 0.306 e. The topological polar surface area (TPSA) is 3.24 Å². The predicted molar refractivity (Wildman–Crippen MR) is 88.7 cm³/mol. The zero-order valence-corrected chi connectivity index (χ0v) is 13.0. The number of fused-ring (bicyclic) bond motifs is 3. The Bertz CT molecular complexity index is 659. The first kappa shape index (κ1) is 13.1. The van der Waals surface area contributed by atoms with Gasteiger partial charge in [-0.15, -0.1) is 0 Å². The van der Waals surface area contributed by atoms with Crippen molar-refractivity contribution < 1.29 is 0 Å². The molecule has 1 fully saturated rings. The van der Waals surface area contributed by atoms with E-state index in [1.54, 1.807) is 11.1 Å². The first-order valence-corrected chi connectivity index (χ1v) is 8.10. The lowest BCUT2D eigenvalue weighted by Gasteiger charge is -2.33. The van der Waals surface area contributed by atoms with Crippen molar-refractivity contribution in [3.8, 4) is 11.1 Å². The van der Waals surface area contributed by atoms with Gasteiger partial charge in [0.1, 0.15) is 0 Å². The van der Waals surface area contributed by atoms with Gasteiger partial charge in [0.2, 0.25) is 0 Å². The molecule has 0 radical (unpaired) electrons. The summed E-state index contributed by atoms with van der Waals surface area (Å²) >= 11 is 0. The third kappa shape index (κ3) is 2.20. The average Bonchev–Trinajstić information content (AvgIpc) is 2.87. The lowest BCUT2D eigenvalue weighted by Crippen LogP contribution is -2.34. The molecule has 0 amide bonds. The molecule has 0 spiro atoms. The summed E-state index contributed by atoms with van der Waals surface area (Å²) in [5.41, 5.74) is 7.49. The number of hydrogen-bond donors (Lipinski definition) is 0. The van der Waals surface area contributed by atoms with Crippen molar-refractivity contribution in [2.75, 3.05) is 20.1 Å². The number of rotatable bonds is 1. The fourth-order valence-corrected chi connectivity index (χ4v) is 4.27. The summed E-state index contributed by atoms with van der Waals surface area (Å²) in [5, 5.41) is 0. The number of piperidine rings is 1. The van der Waals surface area contributed by atoms with E-state index in [1.807, 2.05) is 0 Å². The third-order valence-corrected chi connectivity index (χ3v) is 5.44. The maximum atomic E-state index is 2.50. The van der Waals surface area contributed by atoms with Crippen LogP contribution in [0.2, 0.25) is 0 Å². The van der Waals surface area contributed by atoms with Crippen LogP contribution in [0.15, 0.2) is 42.5 Å². The molecule has 1 heterocycles. The van der Waals surface area contributed by atoms with Gasteiger partial charge in [0.15, 0.2) is 0 Å². The Morgan fingerprint density at radius 3 is 2.67 bits per heavy atom. The molecule has 2 aromatic carbocycles. The Hall–Kier alpha value is -1.60. The minimum Gasteiger partial charge on any atom is -0.306 e. The quantitative estimate of drug-likeness (QED) is 0.753. The van der Waals surface area contributed by atoms with Gasteiger partial charge >= 0.3 is 0 Å². The first-order chi connectivity index (χ1) is 10.2. The van der Waals surface area contributed by atoms with Gasteiger partial charge < -0.3 is 4.90 Å². The van der Waals surface area contributed by atoms with Crippen LogP contribution in [0.4, 0.5) is 0 Å². The Morgan fingerprint density at radius 2 is 1.86 bits per heavy atom. The predicted octanol–water partition coefficient (Wildman–Crippen LogP) is 4.25. The molecule has 0 unspecified atom stereocenters. The zero-order valence-electron chi connectivity index (χ0n) is 13.0. The Kier molecular flexibility index (Phi) is 3.11. The van der Waals surface area contributed by atoms with Crippen molar-refractivity contribution in [1.82, 2.24) is 4.90 Å². The minimum absolute atomic E-state index is 0.751. The van der Waals surface area contributed by atoms with Crippen molar-refractivity contribution in [3.05, 3.63) is 59.2 Å². The van der Waals surface area contributed by atoms with Gasteiger partial charge in [-0.25, -0.2) is 0 Å². The summed E-state index contributed by atoms with van der Waals surface area (Å²) in [6, 6.07) is 15.7. The van der Waals surface area contributed by atoms with Gasteiger partial charge in [0, 0.05) is 12.5 Å². The monoisotopic (exact) mass is 277 g/mol. The van der Waals surface area contributed by atoms with Crippen LogP contribution in [0, 0.1) is 12.8 Å². The lowest BCUT2D eigenvalue weighted by atomic mass is 9.86. The molecule has 0 N–H and O–H groups in total. The van der Waals surface area contributed by atoms with E-state index in [2.05, 4.69) is 61.3 Å². The second-order valence-electron chi connectivity index (χ2n) is 6.85. The van der Waals surface area contributed by atoms with Gasteiger partial charge in [-0.2, -0.15) is 0 Å². The number of likely N-dealkylation sites (tertiary alicyclic amines) is 1. The number of aryl methyl sites for hydroxylation is 1. The van der Waals surface area contributed by atoms with Crippen molar-refractivity contribution in [2.45, 2.75) is 25.7 Å². The fraction of sp³-hybridized carbons (Fsp3) is 0.400. The summed E-state index contributed by atoms with van der Waals surface area (Å²) < 4.78 is 0. The van der Waals surface area contributed by atoms with E-state index >= 15 is 0 Å². The molecule has 4 rings (SSSR count). The number of hydrogen-bond acceptors (Lipinski definition) is 1. The van der Waals surface area contributed by atoms with Crippen LogP contribution in [0.1, 0.15) is 29.0 Å². The smallest absolute Gasteiger partial charge is 0.00501 e. The van der Waals surface area contributed by atoms with Gasteiger partial charge in [0.05, 0.1) is 0 Å². The molecule has 1 heteroatoms. The molecule has 0 aromatic heterocycles. The summed E-state index contributed by atoms with van der Waals surface area (Å²) in [6.07, 6.45) is 2.66. The van der Waals surface area contributed by atoms with Crippen LogP contribution in [0.3, 0.4) is 0 Å². The van der Waals surface area contributed by atoms with Crippen LogP contribution in [0.5, 0.6) is 0 Å². The Labute approximate surface area is 127 Å². The molecule has 0 saturated carbocycles. The Morgan fingerprint density at radius 1 is 1.05 bits per heavy atom. The summed E-state index contributed by atoms with van der Waals surface area (Å²) in [4.78, 5) is 2.50. The van der Waals surface area contributed by atoms with Crippen molar-refractivity contribution >= 4 is 0 Å². The first-order valence-electron chi connectivity index (χ1n) is 8.10. The van der Waals surface area contributed by atoms with E-state index < -0.39 is 0 Å². The fourth-order valence-electron chi connectivity index (χ4n) is 4.27. The second kappa shape index (κ2) is 4.99. The van der Waals surface area contributed by atoms with Gasteiger partial charge in [0.25, 0.3) is 0 Å². The maximum Gasteiger partial charge on any atom is 0.00501 e. The van der Waals surface area contributed by atoms with Gasteiger partial charge in [-0.05, 0) is 67.1 Å². The summed E-state index contributed by atoms with van der Waals surface area (Å²) in [6.45, 7) is 4.79. The summed E-state index contributed by atoms with van der Waals surface area (Å²) in [5.74, 6) is 1.63. The summed E-state index contributed by atoms with van der Waals surface area (Å²) in [7, 11) is 2.27. The molecular formula is C20H23N.